The van der Waals surface area contributed by atoms with Crippen LogP contribution in [-0.2, 0) is 9.26 Å². The summed E-state index contributed by atoms with van der Waals surface area (Å²) in [6.07, 6.45) is 0.901. The molecule has 0 aliphatic carbocycles. The monoisotopic (exact) mass is 154 g/mol. The van der Waals surface area contributed by atoms with Crippen LogP contribution in [0.15, 0.2) is 0 Å². The second-order valence-corrected chi connectivity index (χ2v) is 2.17. The number of hydrogen-bond donors (Lipinski definition) is 2. The van der Waals surface area contributed by atoms with Gasteiger partial charge < -0.3 is 14.5 Å². The van der Waals surface area contributed by atoms with Gasteiger partial charge in [-0.3, -0.25) is 4.52 Å². The van der Waals surface area contributed by atoms with Crippen LogP contribution in [0.5, 0.6) is 0 Å². The molecule has 0 aromatic rings. The lowest BCUT2D eigenvalue weighted by Gasteiger charge is -2.02. The third-order valence-corrected chi connectivity index (χ3v) is 0.936. The zero-order valence-electron chi connectivity index (χ0n) is 5.28. The lowest BCUT2D eigenvalue weighted by Crippen LogP contribution is -1.96. The largest absolute Gasteiger partial charge is 0.355 e. The van der Waals surface area contributed by atoms with E-state index in [4.69, 9.17) is 14.5 Å². The molecule has 4 nitrogen and oxygen atoms in total. The maximum absolute atomic E-state index is 8.17. The van der Waals surface area contributed by atoms with Crippen LogP contribution in [0.25, 0.3) is 0 Å². The zero-order valence-corrected chi connectivity index (χ0v) is 6.17. The molecule has 0 fully saturated rings. The van der Waals surface area contributed by atoms with Crippen LogP contribution in [0.3, 0.4) is 0 Å². The fourth-order valence-electron chi connectivity index (χ4n) is 0.288. The molecule has 0 aromatic carbocycles. The Bertz CT molecular complexity index is 58.5. The first-order valence-corrected chi connectivity index (χ1v) is 3.82. The van der Waals surface area contributed by atoms with Crippen LogP contribution in [-0.4, -0.2) is 23.2 Å². The predicted molar refractivity (Wildman–Crippen MR) is 33.6 cm³/mol. The molecule has 0 aromatic heterocycles. The van der Waals surface area contributed by atoms with Gasteiger partial charge in [-0.05, 0) is 6.42 Å². The third kappa shape index (κ3) is 8.27. The summed E-state index contributed by atoms with van der Waals surface area (Å²) in [7, 11) is -2.24. The van der Waals surface area contributed by atoms with Gasteiger partial charge in [0.25, 0.3) is 0 Å². The predicted octanol–water partition coefficient (Wildman–Crippen LogP) is 0.599. The standard InChI is InChI=1S/C4H11O4P/c1-2-3-7-4-8-9(5)6/h5-6H,2-4H2,1H3. The molecule has 0 bridgehead atoms. The van der Waals surface area contributed by atoms with E-state index in [1.165, 1.54) is 0 Å². The summed E-state index contributed by atoms with van der Waals surface area (Å²) in [6, 6.07) is 0. The lowest BCUT2D eigenvalue weighted by molar-refractivity contribution is 0.00907. The van der Waals surface area contributed by atoms with Gasteiger partial charge in [-0.15, -0.1) is 0 Å². The quantitative estimate of drug-likeness (QED) is 0.346. The molecule has 0 aliphatic heterocycles. The summed E-state index contributed by atoms with van der Waals surface area (Å²) in [6.45, 7) is 2.51. The molecule has 2 N–H and O–H groups in total. The van der Waals surface area contributed by atoms with Crippen molar-refractivity contribution in [2.75, 3.05) is 13.4 Å². The minimum atomic E-state index is -2.24. The van der Waals surface area contributed by atoms with Crippen molar-refractivity contribution in [1.82, 2.24) is 0 Å². The van der Waals surface area contributed by atoms with E-state index in [-0.39, 0.29) is 6.79 Å². The van der Waals surface area contributed by atoms with Crippen molar-refractivity contribution in [3.05, 3.63) is 0 Å². The van der Waals surface area contributed by atoms with E-state index in [2.05, 4.69) is 4.52 Å². The van der Waals surface area contributed by atoms with E-state index >= 15 is 0 Å². The van der Waals surface area contributed by atoms with Gasteiger partial charge in [-0.25, -0.2) is 0 Å². The average molecular weight is 154 g/mol. The maximum Gasteiger partial charge on any atom is 0.329 e. The molecule has 0 unspecified atom stereocenters. The second kappa shape index (κ2) is 6.39. The van der Waals surface area contributed by atoms with Crippen molar-refractivity contribution >= 4 is 8.60 Å². The minimum Gasteiger partial charge on any atom is -0.355 e. The molecule has 0 aliphatic rings. The fourth-order valence-corrected chi connectivity index (χ4v) is 0.456. The van der Waals surface area contributed by atoms with E-state index in [9.17, 15) is 0 Å². The molecule has 0 saturated heterocycles. The van der Waals surface area contributed by atoms with E-state index in [1.54, 1.807) is 0 Å². The molecular formula is C4H11O4P. The molecule has 5 heteroatoms. The van der Waals surface area contributed by atoms with E-state index in [1.807, 2.05) is 6.92 Å². The highest BCUT2D eigenvalue weighted by molar-refractivity contribution is 7.39. The molecule has 0 rings (SSSR count). The summed E-state index contributed by atoms with van der Waals surface area (Å²) in [5, 5.41) is 0. The number of ether oxygens (including phenoxy) is 1. The Balaban J connectivity index is 2.75. The van der Waals surface area contributed by atoms with Gasteiger partial charge in [0.2, 0.25) is 0 Å². The fraction of sp³-hybridized carbons (Fsp3) is 1.00. The van der Waals surface area contributed by atoms with E-state index in [0.717, 1.165) is 6.42 Å². The van der Waals surface area contributed by atoms with E-state index in [0.29, 0.717) is 6.61 Å². The van der Waals surface area contributed by atoms with Crippen molar-refractivity contribution < 1.29 is 19.0 Å². The number of hydrogen-bond acceptors (Lipinski definition) is 4. The highest BCUT2D eigenvalue weighted by Gasteiger charge is 1.95. The second-order valence-electron chi connectivity index (χ2n) is 1.41. The summed E-state index contributed by atoms with van der Waals surface area (Å²) >= 11 is 0. The molecule has 0 heterocycles. The third-order valence-electron chi connectivity index (χ3n) is 0.600. The molecule has 0 saturated carbocycles. The number of rotatable bonds is 5. The molecule has 0 amide bonds. The summed E-state index contributed by atoms with van der Waals surface area (Å²) < 4.78 is 9.07. The Morgan fingerprint density at radius 1 is 1.44 bits per heavy atom. The highest BCUT2D eigenvalue weighted by atomic mass is 31.2. The van der Waals surface area contributed by atoms with Gasteiger partial charge in [0.05, 0.1) is 0 Å². The molecule has 0 spiro atoms. The van der Waals surface area contributed by atoms with Crippen LogP contribution in [0.2, 0.25) is 0 Å². The van der Waals surface area contributed by atoms with Gasteiger partial charge in [-0.1, -0.05) is 6.92 Å². The van der Waals surface area contributed by atoms with Crippen molar-refractivity contribution in [2.45, 2.75) is 13.3 Å². The molecular weight excluding hydrogens is 143 g/mol. The van der Waals surface area contributed by atoms with Gasteiger partial charge in [0.1, 0.15) is 0 Å². The minimum absolute atomic E-state index is 0.0352. The van der Waals surface area contributed by atoms with Crippen molar-refractivity contribution in [1.29, 1.82) is 0 Å². The molecule has 56 valence electrons. The van der Waals surface area contributed by atoms with Crippen molar-refractivity contribution in [3.63, 3.8) is 0 Å². The van der Waals surface area contributed by atoms with Crippen LogP contribution in [0.4, 0.5) is 0 Å². The van der Waals surface area contributed by atoms with Crippen LogP contribution in [0, 0.1) is 0 Å². The van der Waals surface area contributed by atoms with Crippen molar-refractivity contribution in [2.24, 2.45) is 0 Å². The zero-order chi connectivity index (χ0) is 7.11. The summed E-state index contributed by atoms with van der Waals surface area (Å²) in [4.78, 5) is 16.3. The molecule has 0 radical (unpaired) electrons. The first-order valence-electron chi connectivity index (χ1n) is 2.66. The van der Waals surface area contributed by atoms with Gasteiger partial charge in [0.15, 0.2) is 6.79 Å². The lowest BCUT2D eigenvalue weighted by atomic mass is 10.5. The SMILES string of the molecule is CCCOCOP(O)O. The highest BCUT2D eigenvalue weighted by Crippen LogP contribution is 2.23. The van der Waals surface area contributed by atoms with Crippen LogP contribution in [0.1, 0.15) is 13.3 Å². The Morgan fingerprint density at radius 2 is 2.11 bits per heavy atom. The smallest absolute Gasteiger partial charge is 0.329 e. The average Bonchev–Trinajstić information content (AvgIpc) is 1.80. The first-order chi connectivity index (χ1) is 4.27. The Hall–Kier alpha value is 0.270. The van der Waals surface area contributed by atoms with Crippen LogP contribution >= 0.6 is 8.60 Å². The Morgan fingerprint density at radius 3 is 2.56 bits per heavy atom. The van der Waals surface area contributed by atoms with Gasteiger partial charge in [-0.2, -0.15) is 0 Å². The Kier molecular flexibility index (Phi) is 6.58. The topological polar surface area (TPSA) is 58.9 Å². The van der Waals surface area contributed by atoms with Crippen LogP contribution < -0.4 is 0 Å². The molecule has 0 atom stereocenters. The molecule has 9 heavy (non-hydrogen) atoms. The van der Waals surface area contributed by atoms with E-state index < -0.39 is 8.60 Å². The summed E-state index contributed by atoms with van der Waals surface area (Å²) in [5.41, 5.74) is 0. The summed E-state index contributed by atoms with van der Waals surface area (Å²) in [5.74, 6) is 0. The van der Waals surface area contributed by atoms with Gasteiger partial charge >= 0.3 is 8.60 Å². The Labute approximate surface area is 55.4 Å². The normalized spacial score (nSPS) is 10.7. The van der Waals surface area contributed by atoms with Gasteiger partial charge in [0, 0.05) is 6.61 Å². The maximum atomic E-state index is 8.17. The first kappa shape index (κ1) is 9.27. The van der Waals surface area contributed by atoms with Crippen molar-refractivity contribution in [3.8, 4) is 0 Å².